The van der Waals surface area contributed by atoms with Crippen LogP contribution in [0.1, 0.15) is 12.0 Å². The van der Waals surface area contributed by atoms with Crippen molar-refractivity contribution < 1.29 is 44.9 Å². The minimum Gasteiger partial charge on any atom is -0.504 e. The van der Waals surface area contributed by atoms with E-state index in [9.17, 15) is 30.3 Å². The molecule has 0 bridgehead atoms. The van der Waals surface area contributed by atoms with Gasteiger partial charge in [0.1, 0.15) is 18.3 Å². The Morgan fingerprint density at radius 3 is 2.46 bits per heavy atom. The maximum absolute atomic E-state index is 11.8. The van der Waals surface area contributed by atoms with E-state index < -0.39 is 43.3 Å². The molecular formula is C15H20O9. The van der Waals surface area contributed by atoms with E-state index in [1.807, 2.05) is 0 Å². The van der Waals surface area contributed by atoms with Crippen LogP contribution < -0.4 is 0 Å². The quantitative estimate of drug-likeness (QED) is 0.273. The van der Waals surface area contributed by atoms with Crippen molar-refractivity contribution in [1.82, 2.24) is 0 Å². The Morgan fingerprint density at radius 1 is 1.12 bits per heavy atom. The first-order chi connectivity index (χ1) is 11.3. The van der Waals surface area contributed by atoms with Crippen molar-refractivity contribution in [2.24, 2.45) is 0 Å². The Morgan fingerprint density at radius 2 is 1.83 bits per heavy atom. The predicted molar refractivity (Wildman–Crippen MR) is 78.0 cm³/mol. The zero-order valence-corrected chi connectivity index (χ0v) is 12.6. The molecule has 0 spiro atoms. The minimum atomic E-state index is -1.68. The van der Waals surface area contributed by atoms with Crippen LogP contribution in [0.4, 0.5) is 0 Å². The Bertz CT molecular complexity index is 576. The lowest BCUT2D eigenvalue weighted by Gasteiger charge is -2.39. The molecule has 0 saturated carbocycles. The molecule has 1 aliphatic rings. The van der Waals surface area contributed by atoms with E-state index in [0.29, 0.717) is 5.56 Å². The Hall–Kier alpha value is -1.91. The van der Waals surface area contributed by atoms with Crippen LogP contribution >= 0.6 is 0 Å². The van der Waals surface area contributed by atoms with E-state index in [1.165, 1.54) is 18.2 Å². The molecule has 0 unspecified atom stereocenters. The fourth-order valence-corrected chi connectivity index (χ4v) is 2.38. The fraction of sp³-hybridized carbons (Fsp3) is 0.533. The summed E-state index contributed by atoms with van der Waals surface area (Å²) in [7, 11) is 0. The van der Waals surface area contributed by atoms with E-state index in [0.717, 1.165) is 0 Å². The van der Waals surface area contributed by atoms with Crippen LogP contribution in [-0.4, -0.2) is 73.9 Å². The smallest absolute Gasteiger partial charge is 0.306 e. The highest BCUT2D eigenvalue weighted by Gasteiger charge is 2.45. The highest BCUT2D eigenvalue weighted by Crippen LogP contribution is 2.26. The van der Waals surface area contributed by atoms with Crippen molar-refractivity contribution in [2.45, 2.75) is 43.5 Å². The molecule has 1 aromatic rings. The van der Waals surface area contributed by atoms with Crippen molar-refractivity contribution in [3.8, 4) is 11.5 Å². The largest absolute Gasteiger partial charge is 0.504 e. The molecule has 5 atom stereocenters. The second kappa shape index (κ2) is 7.77. The standard InChI is InChI=1S/C15H20O9/c16-6-10-12(20)13(21)14(15(22)23-10)24-11(19)4-2-7-1-3-8(17)9(18)5-7/h1,3,5,10,12-18,20-22H,2,4,6H2/t10-,12-,13+,14-,15-/m1/s1. The lowest BCUT2D eigenvalue weighted by Crippen LogP contribution is -2.59. The van der Waals surface area contributed by atoms with Crippen LogP contribution in [0.25, 0.3) is 0 Å². The number of carbonyl (C=O) groups excluding carboxylic acids is 1. The van der Waals surface area contributed by atoms with Crippen LogP contribution in [0.15, 0.2) is 18.2 Å². The molecular weight excluding hydrogens is 324 g/mol. The van der Waals surface area contributed by atoms with Gasteiger partial charge < -0.3 is 40.1 Å². The number of aliphatic hydroxyl groups is 4. The van der Waals surface area contributed by atoms with Crippen LogP contribution in [0.3, 0.4) is 0 Å². The predicted octanol–water partition coefficient (Wildman–Crippen LogP) is -1.63. The number of aromatic hydroxyl groups is 2. The summed E-state index contributed by atoms with van der Waals surface area (Å²) >= 11 is 0. The Kier molecular flexibility index (Phi) is 5.97. The number of aliphatic hydroxyl groups excluding tert-OH is 4. The molecule has 1 aromatic carbocycles. The van der Waals surface area contributed by atoms with Gasteiger partial charge in [-0.2, -0.15) is 0 Å². The van der Waals surface area contributed by atoms with Gasteiger partial charge in [-0.15, -0.1) is 0 Å². The van der Waals surface area contributed by atoms with Crippen molar-refractivity contribution in [1.29, 1.82) is 0 Å². The first-order valence-electron chi connectivity index (χ1n) is 7.34. The number of carbonyl (C=O) groups is 1. The molecule has 0 radical (unpaired) electrons. The molecule has 0 amide bonds. The van der Waals surface area contributed by atoms with Gasteiger partial charge in [0.05, 0.1) is 6.61 Å². The van der Waals surface area contributed by atoms with Gasteiger partial charge in [-0.25, -0.2) is 0 Å². The highest BCUT2D eigenvalue weighted by atomic mass is 16.7. The van der Waals surface area contributed by atoms with Gasteiger partial charge in [-0.1, -0.05) is 6.07 Å². The summed E-state index contributed by atoms with van der Waals surface area (Å²) in [5.41, 5.74) is 0.573. The van der Waals surface area contributed by atoms with E-state index >= 15 is 0 Å². The lowest BCUT2D eigenvalue weighted by molar-refractivity contribution is -0.290. The third-order valence-electron chi connectivity index (χ3n) is 3.77. The zero-order valence-electron chi connectivity index (χ0n) is 12.6. The van der Waals surface area contributed by atoms with Crippen LogP contribution in [0.5, 0.6) is 11.5 Å². The van der Waals surface area contributed by atoms with Gasteiger partial charge in [0.25, 0.3) is 0 Å². The lowest BCUT2D eigenvalue weighted by atomic mass is 9.99. The van der Waals surface area contributed by atoms with Gasteiger partial charge in [0, 0.05) is 6.42 Å². The topological polar surface area (TPSA) is 157 Å². The highest BCUT2D eigenvalue weighted by molar-refractivity contribution is 5.70. The molecule has 134 valence electrons. The molecule has 0 aliphatic carbocycles. The SMILES string of the molecule is O=C(CCc1ccc(O)c(O)c1)O[C@@H]1[C@@H](O)[C@H](O)[C@@H](CO)O[C@H]1O. The maximum Gasteiger partial charge on any atom is 0.306 e. The minimum absolute atomic E-state index is 0.125. The second-order valence-corrected chi connectivity index (χ2v) is 5.51. The van der Waals surface area contributed by atoms with Crippen molar-refractivity contribution >= 4 is 5.97 Å². The van der Waals surface area contributed by atoms with Gasteiger partial charge >= 0.3 is 5.97 Å². The summed E-state index contributed by atoms with van der Waals surface area (Å²) in [6, 6.07) is 4.10. The van der Waals surface area contributed by atoms with Crippen LogP contribution in [0.2, 0.25) is 0 Å². The van der Waals surface area contributed by atoms with Gasteiger partial charge in [0.2, 0.25) is 0 Å². The van der Waals surface area contributed by atoms with E-state index in [2.05, 4.69) is 0 Å². The van der Waals surface area contributed by atoms with E-state index in [1.54, 1.807) is 0 Å². The number of ether oxygens (including phenoxy) is 2. The molecule has 6 N–H and O–H groups in total. The zero-order chi connectivity index (χ0) is 17.9. The summed E-state index contributed by atoms with van der Waals surface area (Å²) in [4.78, 5) is 11.8. The molecule has 1 heterocycles. The third kappa shape index (κ3) is 4.13. The van der Waals surface area contributed by atoms with Gasteiger partial charge in [-0.3, -0.25) is 4.79 Å². The summed E-state index contributed by atoms with van der Waals surface area (Å²) < 4.78 is 9.82. The number of rotatable bonds is 5. The number of aryl methyl sites for hydroxylation is 1. The number of benzene rings is 1. The molecule has 9 nitrogen and oxygen atoms in total. The number of phenols is 2. The molecule has 1 saturated heterocycles. The number of esters is 1. The molecule has 24 heavy (non-hydrogen) atoms. The number of hydrogen-bond donors (Lipinski definition) is 6. The summed E-state index contributed by atoms with van der Waals surface area (Å²) in [5, 5.41) is 56.9. The van der Waals surface area contributed by atoms with Crippen LogP contribution in [0, 0.1) is 0 Å². The van der Waals surface area contributed by atoms with Crippen LogP contribution in [-0.2, 0) is 20.7 Å². The second-order valence-electron chi connectivity index (χ2n) is 5.51. The first-order valence-corrected chi connectivity index (χ1v) is 7.34. The molecule has 2 rings (SSSR count). The van der Waals surface area contributed by atoms with E-state index in [-0.39, 0.29) is 24.3 Å². The van der Waals surface area contributed by atoms with Crippen molar-refractivity contribution in [3.05, 3.63) is 23.8 Å². The molecule has 9 heteroatoms. The molecule has 1 fully saturated rings. The monoisotopic (exact) mass is 344 g/mol. The average molecular weight is 344 g/mol. The summed E-state index contributed by atoms with van der Waals surface area (Å²) in [6.07, 6.45) is -7.39. The number of phenolic OH excluding ortho intramolecular Hbond substituents is 2. The fourth-order valence-electron chi connectivity index (χ4n) is 2.38. The van der Waals surface area contributed by atoms with Crippen molar-refractivity contribution in [3.63, 3.8) is 0 Å². The molecule has 0 aromatic heterocycles. The van der Waals surface area contributed by atoms with E-state index in [4.69, 9.17) is 14.6 Å². The van der Waals surface area contributed by atoms with Crippen molar-refractivity contribution in [2.75, 3.05) is 6.61 Å². The maximum atomic E-state index is 11.8. The Labute approximate surface area is 137 Å². The normalized spacial score (nSPS) is 30.1. The molecule has 1 aliphatic heterocycles. The third-order valence-corrected chi connectivity index (χ3v) is 3.77. The van der Waals surface area contributed by atoms with Gasteiger partial charge in [0.15, 0.2) is 23.9 Å². The Balaban J connectivity index is 1.90. The number of hydrogen-bond acceptors (Lipinski definition) is 9. The summed E-state index contributed by atoms with van der Waals surface area (Å²) in [5.74, 6) is -1.35. The van der Waals surface area contributed by atoms with Gasteiger partial charge in [-0.05, 0) is 24.1 Å². The summed E-state index contributed by atoms with van der Waals surface area (Å²) in [6.45, 7) is -0.611. The first kappa shape index (κ1) is 18.4. The average Bonchev–Trinajstić information content (AvgIpc) is 2.56.